The van der Waals surface area contributed by atoms with Gasteiger partial charge in [0.05, 0.1) is 11.7 Å². The van der Waals surface area contributed by atoms with Gasteiger partial charge in [-0.2, -0.15) is 5.10 Å². The monoisotopic (exact) mass is 247 g/mol. The number of nitrogens with one attached hydrogen (secondary N) is 1. The predicted molar refractivity (Wildman–Crippen MR) is 73.6 cm³/mol. The summed E-state index contributed by atoms with van der Waals surface area (Å²) in [6, 6.07) is 3.62. The molecule has 0 radical (unpaired) electrons. The number of piperidine rings is 1. The number of rotatable bonds is 3. The predicted octanol–water partition coefficient (Wildman–Crippen LogP) is 2.93. The molecule has 2 heterocycles. The normalized spacial score (nSPS) is 29.8. The van der Waals surface area contributed by atoms with E-state index in [4.69, 9.17) is 5.10 Å². The number of aromatic nitrogens is 2. The SMILES string of the molecule is CC1CCC(Cc2ccn(C3CCCC3)n2)CN1. The Labute approximate surface area is 110 Å². The molecule has 2 atom stereocenters. The molecule has 1 aliphatic heterocycles. The molecule has 100 valence electrons. The molecule has 0 spiro atoms. The third-order valence-corrected chi connectivity index (χ3v) is 4.62. The molecule has 0 aromatic carbocycles. The molecule has 2 unspecified atom stereocenters. The van der Waals surface area contributed by atoms with Crippen LogP contribution in [0.25, 0.3) is 0 Å². The van der Waals surface area contributed by atoms with Crippen molar-refractivity contribution in [3.05, 3.63) is 18.0 Å². The molecule has 1 aromatic heterocycles. The van der Waals surface area contributed by atoms with E-state index in [2.05, 4.69) is 29.2 Å². The van der Waals surface area contributed by atoms with Crippen LogP contribution in [0.5, 0.6) is 0 Å². The lowest BCUT2D eigenvalue weighted by atomic mass is 9.92. The minimum Gasteiger partial charge on any atom is -0.314 e. The summed E-state index contributed by atoms with van der Waals surface area (Å²) in [4.78, 5) is 0. The van der Waals surface area contributed by atoms with Gasteiger partial charge in [0.25, 0.3) is 0 Å². The second-order valence-corrected chi connectivity index (χ2v) is 6.18. The molecule has 18 heavy (non-hydrogen) atoms. The first kappa shape index (κ1) is 12.2. The van der Waals surface area contributed by atoms with Gasteiger partial charge >= 0.3 is 0 Å². The van der Waals surface area contributed by atoms with Crippen LogP contribution in [-0.4, -0.2) is 22.4 Å². The molecule has 1 aromatic rings. The Morgan fingerprint density at radius 2 is 2.11 bits per heavy atom. The van der Waals surface area contributed by atoms with Crippen molar-refractivity contribution in [2.75, 3.05) is 6.54 Å². The van der Waals surface area contributed by atoms with E-state index in [9.17, 15) is 0 Å². The molecular weight excluding hydrogens is 222 g/mol. The van der Waals surface area contributed by atoms with E-state index in [1.807, 2.05) is 0 Å². The second kappa shape index (κ2) is 5.43. The summed E-state index contributed by atoms with van der Waals surface area (Å²) in [5.41, 5.74) is 1.29. The van der Waals surface area contributed by atoms with E-state index in [1.165, 1.54) is 44.2 Å². The summed E-state index contributed by atoms with van der Waals surface area (Å²) < 4.78 is 2.22. The van der Waals surface area contributed by atoms with Gasteiger partial charge in [0.1, 0.15) is 0 Å². The highest BCUT2D eigenvalue weighted by molar-refractivity contribution is 5.02. The average molecular weight is 247 g/mol. The summed E-state index contributed by atoms with van der Waals surface area (Å²) in [6.45, 7) is 3.45. The molecule has 1 aliphatic carbocycles. The van der Waals surface area contributed by atoms with E-state index >= 15 is 0 Å². The van der Waals surface area contributed by atoms with Gasteiger partial charge in [-0.1, -0.05) is 12.8 Å². The van der Waals surface area contributed by atoms with Crippen molar-refractivity contribution in [3.63, 3.8) is 0 Å². The maximum Gasteiger partial charge on any atom is 0.0627 e. The molecule has 2 fully saturated rings. The maximum absolute atomic E-state index is 4.79. The third kappa shape index (κ3) is 2.77. The van der Waals surface area contributed by atoms with Crippen LogP contribution < -0.4 is 5.32 Å². The summed E-state index contributed by atoms with van der Waals surface area (Å²) in [6.07, 6.45) is 11.4. The first-order valence-corrected chi connectivity index (χ1v) is 7.58. The molecule has 0 bridgehead atoms. The Balaban J connectivity index is 1.56. The Kier molecular flexibility index (Phi) is 3.69. The topological polar surface area (TPSA) is 29.9 Å². The molecule has 2 aliphatic rings. The van der Waals surface area contributed by atoms with Crippen molar-refractivity contribution in [3.8, 4) is 0 Å². The fraction of sp³-hybridized carbons (Fsp3) is 0.800. The van der Waals surface area contributed by atoms with Gasteiger partial charge in [0.2, 0.25) is 0 Å². The van der Waals surface area contributed by atoms with Crippen molar-refractivity contribution in [2.24, 2.45) is 5.92 Å². The van der Waals surface area contributed by atoms with Gasteiger partial charge in [-0.3, -0.25) is 4.68 Å². The summed E-state index contributed by atoms with van der Waals surface area (Å²) in [5.74, 6) is 0.785. The van der Waals surface area contributed by atoms with Gasteiger partial charge in [-0.25, -0.2) is 0 Å². The highest BCUT2D eigenvalue weighted by atomic mass is 15.3. The Morgan fingerprint density at radius 1 is 1.28 bits per heavy atom. The number of hydrogen-bond donors (Lipinski definition) is 1. The molecule has 3 heteroatoms. The summed E-state index contributed by atoms with van der Waals surface area (Å²) in [5, 5.41) is 8.37. The van der Waals surface area contributed by atoms with Gasteiger partial charge < -0.3 is 5.32 Å². The molecule has 1 N–H and O–H groups in total. The fourth-order valence-electron chi connectivity index (χ4n) is 3.39. The minimum absolute atomic E-state index is 0.684. The quantitative estimate of drug-likeness (QED) is 0.890. The first-order chi connectivity index (χ1) is 8.81. The number of hydrogen-bond acceptors (Lipinski definition) is 2. The molecular formula is C15H25N3. The van der Waals surface area contributed by atoms with E-state index in [0.29, 0.717) is 12.1 Å². The van der Waals surface area contributed by atoms with E-state index in [0.717, 1.165) is 18.9 Å². The largest absolute Gasteiger partial charge is 0.314 e. The van der Waals surface area contributed by atoms with Crippen LogP contribution in [0.3, 0.4) is 0 Å². The first-order valence-electron chi connectivity index (χ1n) is 7.58. The van der Waals surface area contributed by atoms with E-state index < -0.39 is 0 Å². The molecule has 3 nitrogen and oxygen atoms in total. The fourth-order valence-corrected chi connectivity index (χ4v) is 3.39. The zero-order chi connectivity index (χ0) is 12.4. The van der Waals surface area contributed by atoms with Crippen molar-refractivity contribution < 1.29 is 0 Å². The zero-order valence-electron chi connectivity index (χ0n) is 11.4. The number of nitrogens with zero attached hydrogens (tertiary/aromatic N) is 2. The van der Waals surface area contributed by atoms with Crippen LogP contribution in [0.2, 0.25) is 0 Å². The van der Waals surface area contributed by atoms with Gasteiger partial charge in [0, 0.05) is 12.2 Å². The van der Waals surface area contributed by atoms with Crippen molar-refractivity contribution >= 4 is 0 Å². The van der Waals surface area contributed by atoms with Crippen LogP contribution >= 0.6 is 0 Å². The van der Waals surface area contributed by atoms with Crippen LogP contribution in [0, 0.1) is 5.92 Å². The summed E-state index contributed by atoms with van der Waals surface area (Å²) >= 11 is 0. The lowest BCUT2D eigenvalue weighted by molar-refractivity contribution is 0.319. The molecule has 1 saturated heterocycles. The van der Waals surface area contributed by atoms with E-state index in [-0.39, 0.29) is 0 Å². The van der Waals surface area contributed by atoms with Gasteiger partial charge in [-0.15, -0.1) is 0 Å². The molecule has 0 amide bonds. The van der Waals surface area contributed by atoms with Crippen molar-refractivity contribution in [1.29, 1.82) is 0 Å². The van der Waals surface area contributed by atoms with Crippen LogP contribution in [0.4, 0.5) is 0 Å². The second-order valence-electron chi connectivity index (χ2n) is 6.18. The zero-order valence-corrected chi connectivity index (χ0v) is 11.4. The third-order valence-electron chi connectivity index (χ3n) is 4.62. The smallest absolute Gasteiger partial charge is 0.0627 e. The minimum atomic E-state index is 0.684. The lowest BCUT2D eigenvalue weighted by Gasteiger charge is -2.27. The average Bonchev–Trinajstić information content (AvgIpc) is 3.02. The molecule has 1 saturated carbocycles. The maximum atomic E-state index is 4.79. The highest BCUT2D eigenvalue weighted by Gasteiger charge is 2.20. The van der Waals surface area contributed by atoms with Crippen LogP contribution in [0.15, 0.2) is 12.3 Å². The highest BCUT2D eigenvalue weighted by Crippen LogP contribution is 2.29. The van der Waals surface area contributed by atoms with Crippen LogP contribution in [-0.2, 0) is 6.42 Å². The summed E-state index contributed by atoms with van der Waals surface area (Å²) in [7, 11) is 0. The Hall–Kier alpha value is -0.830. The Bertz CT molecular complexity index is 371. The standard InChI is InChI=1S/C15H25N3/c1-12-6-7-13(11-16-12)10-14-8-9-18(17-14)15-4-2-3-5-15/h8-9,12-13,15-16H,2-7,10-11H2,1H3. The van der Waals surface area contributed by atoms with Gasteiger partial charge in [0.15, 0.2) is 0 Å². The molecule has 3 rings (SSSR count). The van der Waals surface area contributed by atoms with Gasteiger partial charge in [-0.05, 0) is 57.6 Å². The Morgan fingerprint density at radius 3 is 2.83 bits per heavy atom. The van der Waals surface area contributed by atoms with Crippen LogP contribution in [0.1, 0.15) is 57.2 Å². The van der Waals surface area contributed by atoms with E-state index in [1.54, 1.807) is 0 Å². The van der Waals surface area contributed by atoms with Crippen molar-refractivity contribution in [1.82, 2.24) is 15.1 Å². The van der Waals surface area contributed by atoms with Crippen molar-refractivity contribution in [2.45, 2.75) is 64.0 Å². The lowest BCUT2D eigenvalue weighted by Crippen LogP contribution is -2.37.